The molecule has 4 nitrogen and oxygen atoms in total. The quantitative estimate of drug-likeness (QED) is 0.819. The summed E-state index contributed by atoms with van der Waals surface area (Å²) < 4.78 is 35.8. The van der Waals surface area contributed by atoms with Gasteiger partial charge in [-0.25, -0.2) is 4.79 Å². The highest BCUT2D eigenvalue weighted by Gasteiger charge is 2.29. The number of aliphatic hydroxyl groups excluding tert-OH is 1. The van der Waals surface area contributed by atoms with Gasteiger partial charge >= 0.3 is 12.2 Å². The Bertz CT molecular complexity index is 284. The largest absolute Gasteiger partial charge is 0.405 e. The van der Waals surface area contributed by atoms with Crippen LogP contribution in [0.1, 0.15) is 25.7 Å². The fourth-order valence-electron chi connectivity index (χ4n) is 2.15. The maximum absolute atomic E-state index is 11.9. The summed E-state index contributed by atoms with van der Waals surface area (Å²) in [4.78, 5) is 12.6. The Hall–Kier alpha value is -0.980. The third-order valence-corrected chi connectivity index (χ3v) is 3.16. The van der Waals surface area contributed by atoms with E-state index in [0.717, 1.165) is 19.3 Å². The Morgan fingerprint density at radius 3 is 2.56 bits per heavy atom. The second-order valence-electron chi connectivity index (χ2n) is 4.77. The predicted octanol–water partition coefficient (Wildman–Crippen LogP) is 1.74. The van der Waals surface area contributed by atoms with Crippen LogP contribution >= 0.6 is 0 Å². The molecule has 2 amide bonds. The lowest BCUT2D eigenvalue weighted by Crippen LogP contribution is -2.45. The Kier molecular flexibility index (Phi) is 5.25. The van der Waals surface area contributed by atoms with E-state index in [0.29, 0.717) is 6.42 Å². The minimum absolute atomic E-state index is 0.0413. The lowest BCUT2D eigenvalue weighted by Gasteiger charge is -2.31. The van der Waals surface area contributed by atoms with Crippen molar-refractivity contribution in [3.05, 3.63) is 0 Å². The van der Waals surface area contributed by atoms with E-state index >= 15 is 0 Å². The van der Waals surface area contributed by atoms with Gasteiger partial charge in [-0.15, -0.1) is 0 Å². The van der Waals surface area contributed by atoms with Crippen molar-refractivity contribution >= 4 is 6.03 Å². The summed E-state index contributed by atoms with van der Waals surface area (Å²) >= 11 is 0. The summed E-state index contributed by atoms with van der Waals surface area (Å²) in [5.41, 5.74) is 0. The lowest BCUT2D eigenvalue weighted by molar-refractivity contribution is -0.123. The summed E-state index contributed by atoms with van der Waals surface area (Å²) in [6.45, 7) is -1.05. The van der Waals surface area contributed by atoms with Crippen molar-refractivity contribution in [2.24, 2.45) is 5.92 Å². The minimum atomic E-state index is -4.40. The zero-order chi connectivity index (χ0) is 13.8. The van der Waals surface area contributed by atoms with E-state index in [1.165, 1.54) is 11.9 Å². The van der Waals surface area contributed by atoms with Gasteiger partial charge < -0.3 is 15.3 Å². The summed E-state index contributed by atoms with van der Waals surface area (Å²) in [6.07, 6.45) is -1.42. The lowest BCUT2D eigenvalue weighted by atomic mass is 9.86. The van der Waals surface area contributed by atoms with Gasteiger partial charge in [0, 0.05) is 19.5 Å². The highest BCUT2D eigenvalue weighted by atomic mass is 19.4. The summed E-state index contributed by atoms with van der Waals surface area (Å²) in [7, 11) is 1.44. The van der Waals surface area contributed by atoms with E-state index in [-0.39, 0.29) is 12.5 Å². The average Bonchev–Trinajstić information content (AvgIpc) is 2.28. The van der Waals surface area contributed by atoms with Crippen LogP contribution in [-0.4, -0.2) is 48.5 Å². The number of carbonyl (C=O) groups is 1. The molecule has 0 aromatic rings. The fourth-order valence-corrected chi connectivity index (χ4v) is 2.15. The van der Waals surface area contributed by atoms with Crippen molar-refractivity contribution in [2.75, 3.05) is 20.1 Å². The first kappa shape index (κ1) is 15.1. The molecule has 0 bridgehead atoms. The van der Waals surface area contributed by atoms with Crippen LogP contribution < -0.4 is 5.32 Å². The highest BCUT2D eigenvalue weighted by Crippen LogP contribution is 2.24. The molecule has 1 aliphatic rings. The second kappa shape index (κ2) is 6.26. The smallest absolute Gasteiger partial charge is 0.393 e. The number of rotatable bonds is 3. The molecular formula is C11H19F3N2O2. The number of halogens is 3. The van der Waals surface area contributed by atoms with Gasteiger partial charge in [-0.2, -0.15) is 13.2 Å². The molecule has 1 aliphatic carbocycles. The normalized spacial score (nSPS) is 24.7. The average molecular weight is 268 g/mol. The number of aliphatic hydroxyl groups is 1. The minimum Gasteiger partial charge on any atom is -0.393 e. The van der Waals surface area contributed by atoms with Gasteiger partial charge in [-0.05, 0) is 12.8 Å². The van der Waals surface area contributed by atoms with E-state index in [2.05, 4.69) is 0 Å². The van der Waals surface area contributed by atoms with Crippen LogP contribution in [0.2, 0.25) is 0 Å². The highest BCUT2D eigenvalue weighted by molar-refractivity contribution is 5.73. The number of nitrogens with zero attached hydrogens (tertiary/aromatic N) is 1. The molecule has 2 unspecified atom stereocenters. The van der Waals surface area contributed by atoms with Crippen LogP contribution in [0.25, 0.3) is 0 Å². The molecule has 106 valence electrons. The van der Waals surface area contributed by atoms with Crippen molar-refractivity contribution in [1.29, 1.82) is 0 Å². The van der Waals surface area contributed by atoms with E-state index in [4.69, 9.17) is 0 Å². The molecule has 1 fully saturated rings. The fraction of sp³-hybridized carbons (Fsp3) is 0.909. The van der Waals surface area contributed by atoms with Crippen molar-refractivity contribution in [3.8, 4) is 0 Å². The molecule has 1 rings (SSSR count). The van der Waals surface area contributed by atoms with E-state index in [9.17, 15) is 23.1 Å². The molecule has 0 aromatic heterocycles. The SMILES string of the molecule is CN(CC1CCCCC1O)C(=O)NCC(F)(F)F. The first-order valence-electron chi connectivity index (χ1n) is 6.03. The van der Waals surface area contributed by atoms with Gasteiger partial charge in [0.05, 0.1) is 6.10 Å². The number of hydrogen-bond acceptors (Lipinski definition) is 2. The van der Waals surface area contributed by atoms with Crippen LogP contribution in [0, 0.1) is 5.92 Å². The van der Waals surface area contributed by atoms with Crippen LogP contribution in [0.15, 0.2) is 0 Å². The number of amides is 2. The molecule has 7 heteroatoms. The number of carbonyl (C=O) groups excluding carboxylic acids is 1. The molecule has 2 atom stereocenters. The topological polar surface area (TPSA) is 52.6 Å². The molecular weight excluding hydrogens is 249 g/mol. The van der Waals surface area contributed by atoms with Crippen molar-refractivity contribution in [1.82, 2.24) is 10.2 Å². The Labute approximate surface area is 104 Å². The van der Waals surface area contributed by atoms with E-state index in [1.807, 2.05) is 5.32 Å². The van der Waals surface area contributed by atoms with Crippen LogP contribution in [0.3, 0.4) is 0 Å². The zero-order valence-electron chi connectivity index (χ0n) is 10.3. The summed E-state index contributed by atoms with van der Waals surface area (Å²) in [5, 5.41) is 11.5. The third kappa shape index (κ3) is 5.12. The van der Waals surface area contributed by atoms with E-state index in [1.54, 1.807) is 0 Å². The van der Waals surface area contributed by atoms with Gasteiger partial charge in [0.25, 0.3) is 0 Å². The molecule has 0 heterocycles. The van der Waals surface area contributed by atoms with Crippen molar-refractivity contribution < 1.29 is 23.1 Å². The number of nitrogens with one attached hydrogen (secondary N) is 1. The maximum Gasteiger partial charge on any atom is 0.405 e. The molecule has 18 heavy (non-hydrogen) atoms. The van der Waals surface area contributed by atoms with Gasteiger partial charge in [0.1, 0.15) is 6.54 Å². The molecule has 0 radical (unpaired) electrons. The second-order valence-corrected chi connectivity index (χ2v) is 4.77. The molecule has 2 N–H and O–H groups in total. The summed E-state index contributed by atoms with van der Waals surface area (Å²) in [6, 6.07) is -0.759. The summed E-state index contributed by atoms with van der Waals surface area (Å²) in [5.74, 6) is -0.0413. The van der Waals surface area contributed by atoms with Gasteiger partial charge in [0.15, 0.2) is 0 Å². The van der Waals surface area contributed by atoms with Gasteiger partial charge in [-0.1, -0.05) is 12.8 Å². The number of urea groups is 1. The van der Waals surface area contributed by atoms with Crippen molar-refractivity contribution in [3.63, 3.8) is 0 Å². The monoisotopic (exact) mass is 268 g/mol. The van der Waals surface area contributed by atoms with E-state index < -0.39 is 24.9 Å². The van der Waals surface area contributed by atoms with Crippen LogP contribution in [0.5, 0.6) is 0 Å². The number of hydrogen-bond donors (Lipinski definition) is 2. The van der Waals surface area contributed by atoms with Crippen LogP contribution in [-0.2, 0) is 0 Å². The first-order chi connectivity index (χ1) is 8.29. The molecule has 0 aliphatic heterocycles. The molecule has 0 saturated heterocycles. The zero-order valence-corrected chi connectivity index (χ0v) is 10.3. The predicted molar refractivity (Wildman–Crippen MR) is 60.0 cm³/mol. The van der Waals surface area contributed by atoms with Gasteiger partial charge in [-0.3, -0.25) is 0 Å². The van der Waals surface area contributed by atoms with Crippen molar-refractivity contribution in [2.45, 2.75) is 38.0 Å². The molecule has 1 saturated carbocycles. The van der Waals surface area contributed by atoms with Gasteiger partial charge in [0.2, 0.25) is 0 Å². The maximum atomic E-state index is 11.9. The first-order valence-corrected chi connectivity index (χ1v) is 6.03. The Balaban J connectivity index is 2.34. The van der Waals surface area contributed by atoms with Crippen LogP contribution in [0.4, 0.5) is 18.0 Å². The number of alkyl halides is 3. The Morgan fingerprint density at radius 2 is 2.00 bits per heavy atom. The Morgan fingerprint density at radius 1 is 1.39 bits per heavy atom. The molecule has 0 spiro atoms. The standard InChI is InChI=1S/C11H19F3N2O2/c1-16(10(18)15-7-11(12,13)14)6-8-4-2-3-5-9(8)17/h8-9,17H,2-7H2,1H3,(H,15,18). The third-order valence-electron chi connectivity index (χ3n) is 3.16. The molecule has 0 aromatic carbocycles.